The highest BCUT2D eigenvalue weighted by molar-refractivity contribution is 5.77. The van der Waals surface area contributed by atoms with Crippen molar-refractivity contribution in [2.24, 2.45) is 10.7 Å². The van der Waals surface area contributed by atoms with Crippen molar-refractivity contribution in [1.82, 2.24) is 5.32 Å². The molecule has 2 aromatic carbocycles. The Kier molecular flexibility index (Phi) is 7.08. The van der Waals surface area contributed by atoms with Crippen molar-refractivity contribution in [1.29, 1.82) is 0 Å². The summed E-state index contributed by atoms with van der Waals surface area (Å²) >= 11 is 0. The molecule has 0 amide bonds. The summed E-state index contributed by atoms with van der Waals surface area (Å²) in [5, 5.41) is 2.84. The normalized spacial score (nSPS) is 12.0. The van der Waals surface area contributed by atoms with Crippen LogP contribution in [0.1, 0.15) is 16.7 Å². The van der Waals surface area contributed by atoms with Gasteiger partial charge in [-0.2, -0.15) is 13.2 Å². The fourth-order valence-corrected chi connectivity index (χ4v) is 2.55. The van der Waals surface area contributed by atoms with Crippen LogP contribution in [0.15, 0.2) is 41.4 Å². The number of halogens is 4. The Balaban J connectivity index is 1.96. The van der Waals surface area contributed by atoms with E-state index in [2.05, 4.69) is 10.3 Å². The van der Waals surface area contributed by atoms with E-state index in [0.717, 1.165) is 17.7 Å². The maximum absolute atomic E-state index is 13.1. The molecule has 2 rings (SSSR count). The molecule has 0 aromatic heterocycles. The summed E-state index contributed by atoms with van der Waals surface area (Å²) < 4.78 is 62.4. The molecule has 9 heteroatoms. The molecule has 2 aromatic rings. The highest BCUT2D eigenvalue weighted by atomic mass is 19.4. The second-order valence-electron chi connectivity index (χ2n) is 5.87. The molecule has 0 aliphatic rings. The number of aliphatic imine (C=N–C) groups is 1. The molecule has 0 fully saturated rings. The van der Waals surface area contributed by atoms with Gasteiger partial charge in [-0.1, -0.05) is 12.1 Å². The third-order valence-corrected chi connectivity index (χ3v) is 3.96. The van der Waals surface area contributed by atoms with Crippen LogP contribution >= 0.6 is 0 Å². The van der Waals surface area contributed by atoms with E-state index in [9.17, 15) is 17.6 Å². The lowest BCUT2D eigenvalue weighted by Gasteiger charge is -2.12. The van der Waals surface area contributed by atoms with E-state index in [-0.39, 0.29) is 18.1 Å². The molecule has 0 radical (unpaired) electrons. The van der Waals surface area contributed by atoms with Crippen molar-refractivity contribution >= 4 is 5.96 Å². The first kappa shape index (κ1) is 21.3. The van der Waals surface area contributed by atoms with Crippen molar-refractivity contribution in [3.05, 3.63) is 58.9 Å². The number of ether oxygens (including phenoxy) is 2. The molecule has 5 nitrogen and oxygen atoms in total. The van der Waals surface area contributed by atoms with Crippen LogP contribution < -0.4 is 20.5 Å². The van der Waals surface area contributed by atoms with E-state index in [1.165, 1.54) is 7.11 Å². The van der Waals surface area contributed by atoms with Crippen molar-refractivity contribution in [2.75, 3.05) is 20.8 Å². The van der Waals surface area contributed by atoms with Gasteiger partial charge in [0.25, 0.3) is 0 Å². The average molecular weight is 399 g/mol. The Labute approximate surface area is 160 Å². The van der Waals surface area contributed by atoms with E-state index in [1.807, 2.05) is 12.1 Å². The monoisotopic (exact) mass is 399 g/mol. The van der Waals surface area contributed by atoms with E-state index in [1.54, 1.807) is 13.2 Å². The maximum Gasteiger partial charge on any atom is 0.416 e. The van der Waals surface area contributed by atoms with Crippen LogP contribution in [0.25, 0.3) is 0 Å². The minimum Gasteiger partial charge on any atom is -0.493 e. The zero-order valence-electron chi connectivity index (χ0n) is 15.4. The number of methoxy groups -OCH3 is 2. The Morgan fingerprint density at radius 2 is 1.79 bits per heavy atom. The fourth-order valence-electron chi connectivity index (χ4n) is 2.55. The summed E-state index contributed by atoms with van der Waals surface area (Å²) in [6.45, 7) is 0.102. The van der Waals surface area contributed by atoms with Gasteiger partial charge in [-0.3, -0.25) is 0 Å². The topological polar surface area (TPSA) is 68.9 Å². The van der Waals surface area contributed by atoms with E-state index >= 15 is 0 Å². The van der Waals surface area contributed by atoms with Gasteiger partial charge in [0.05, 0.1) is 26.3 Å². The molecule has 0 spiro atoms. The Hall–Kier alpha value is -2.97. The van der Waals surface area contributed by atoms with Gasteiger partial charge in [-0.25, -0.2) is 9.38 Å². The van der Waals surface area contributed by atoms with Crippen molar-refractivity contribution in [3.8, 4) is 11.5 Å². The second-order valence-corrected chi connectivity index (χ2v) is 5.87. The van der Waals surface area contributed by atoms with E-state index < -0.39 is 17.6 Å². The molecule has 0 atom stereocenters. The predicted molar refractivity (Wildman–Crippen MR) is 98.0 cm³/mol. The molecule has 28 heavy (non-hydrogen) atoms. The van der Waals surface area contributed by atoms with Crippen molar-refractivity contribution in [2.45, 2.75) is 19.1 Å². The first-order valence-corrected chi connectivity index (χ1v) is 8.35. The van der Waals surface area contributed by atoms with Crippen LogP contribution in [0.3, 0.4) is 0 Å². The number of hydrogen-bond acceptors (Lipinski definition) is 3. The molecule has 152 valence electrons. The first-order valence-electron chi connectivity index (χ1n) is 8.35. The Bertz CT molecular complexity index is 838. The van der Waals surface area contributed by atoms with Gasteiger partial charge in [0, 0.05) is 6.54 Å². The second kappa shape index (κ2) is 9.29. The van der Waals surface area contributed by atoms with Crippen molar-refractivity contribution in [3.63, 3.8) is 0 Å². The summed E-state index contributed by atoms with van der Waals surface area (Å²) in [6, 6.07) is 7.93. The number of alkyl halides is 3. The molecular weight excluding hydrogens is 378 g/mol. The molecular formula is C19H21F4N3O2. The SMILES string of the molecule is COc1ccc(CCNC(N)=NCc2ccc(F)cc2C(F)(F)F)cc1OC. The van der Waals surface area contributed by atoms with Gasteiger partial charge >= 0.3 is 6.18 Å². The minimum absolute atomic E-state index is 0.00192. The van der Waals surface area contributed by atoms with Gasteiger partial charge in [0.15, 0.2) is 17.5 Å². The number of hydrogen-bond donors (Lipinski definition) is 2. The zero-order chi connectivity index (χ0) is 20.7. The molecule has 0 aliphatic carbocycles. The summed E-state index contributed by atoms with van der Waals surface area (Å²) in [6.07, 6.45) is -4.08. The lowest BCUT2D eigenvalue weighted by atomic mass is 10.1. The van der Waals surface area contributed by atoms with Crippen LogP contribution in [0.2, 0.25) is 0 Å². The van der Waals surface area contributed by atoms with Crippen LogP contribution in [-0.2, 0) is 19.1 Å². The quantitative estimate of drug-likeness (QED) is 0.425. The van der Waals surface area contributed by atoms with Gasteiger partial charge < -0.3 is 20.5 Å². The highest BCUT2D eigenvalue weighted by Gasteiger charge is 2.33. The number of rotatable bonds is 7. The zero-order valence-corrected chi connectivity index (χ0v) is 15.4. The number of nitrogens with one attached hydrogen (secondary N) is 1. The third kappa shape index (κ3) is 5.77. The van der Waals surface area contributed by atoms with E-state index in [4.69, 9.17) is 15.2 Å². The Morgan fingerprint density at radius 1 is 1.07 bits per heavy atom. The highest BCUT2D eigenvalue weighted by Crippen LogP contribution is 2.33. The largest absolute Gasteiger partial charge is 0.493 e. The number of guanidine groups is 1. The third-order valence-electron chi connectivity index (χ3n) is 3.96. The molecule has 0 aliphatic heterocycles. The molecule has 0 unspecified atom stereocenters. The number of benzene rings is 2. The lowest BCUT2D eigenvalue weighted by molar-refractivity contribution is -0.138. The lowest BCUT2D eigenvalue weighted by Crippen LogP contribution is -2.33. The summed E-state index contributed by atoms with van der Waals surface area (Å²) in [5.41, 5.74) is 5.45. The fraction of sp³-hybridized carbons (Fsp3) is 0.316. The van der Waals surface area contributed by atoms with Gasteiger partial charge in [-0.15, -0.1) is 0 Å². The number of nitrogens with zero attached hydrogens (tertiary/aromatic N) is 1. The molecule has 0 saturated carbocycles. The summed E-state index contributed by atoms with van der Waals surface area (Å²) in [4.78, 5) is 3.91. The van der Waals surface area contributed by atoms with Gasteiger partial charge in [0.1, 0.15) is 5.82 Å². The van der Waals surface area contributed by atoms with Gasteiger partial charge in [0.2, 0.25) is 0 Å². The average Bonchev–Trinajstić information content (AvgIpc) is 2.66. The van der Waals surface area contributed by atoms with E-state index in [0.29, 0.717) is 30.5 Å². The standard InChI is InChI=1S/C19H21F4N3O2/c1-27-16-6-3-12(9-17(16)28-2)7-8-25-18(24)26-11-13-4-5-14(20)10-15(13)19(21,22)23/h3-6,9-10H,7-8,11H2,1-2H3,(H3,24,25,26). The summed E-state index contributed by atoms with van der Waals surface area (Å²) in [5.74, 6) is 0.247. The van der Waals surface area contributed by atoms with Crippen LogP contribution in [0.5, 0.6) is 11.5 Å². The number of nitrogens with two attached hydrogens (primary N) is 1. The molecule has 0 bridgehead atoms. The van der Waals surface area contributed by atoms with Crippen LogP contribution in [0, 0.1) is 5.82 Å². The summed E-state index contributed by atoms with van der Waals surface area (Å²) in [7, 11) is 3.08. The molecule has 0 saturated heterocycles. The van der Waals surface area contributed by atoms with Crippen LogP contribution in [-0.4, -0.2) is 26.7 Å². The smallest absolute Gasteiger partial charge is 0.416 e. The van der Waals surface area contributed by atoms with Gasteiger partial charge in [-0.05, 0) is 41.8 Å². The minimum atomic E-state index is -4.66. The molecule has 3 N–H and O–H groups in total. The molecule has 0 heterocycles. The predicted octanol–water partition coefficient (Wildman–Crippen LogP) is 3.51. The maximum atomic E-state index is 13.1. The van der Waals surface area contributed by atoms with Crippen LogP contribution in [0.4, 0.5) is 17.6 Å². The first-order chi connectivity index (χ1) is 13.2. The Morgan fingerprint density at radius 3 is 2.43 bits per heavy atom. The van der Waals surface area contributed by atoms with Crippen molar-refractivity contribution < 1.29 is 27.0 Å².